The van der Waals surface area contributed by atoms with Crippen LogP contribution in [0.25, 0.3) is 10.9 Å². The highest BCUT2D eigenvalue weighted by Gasteiger charge is 2.28. The van der Waals surface area contributed by atoms with Gasteiger partial charge in [-0.1, -0.05) is 24.3 Å². The van der Waals surface area contributed by atoms with E-state index in [4.69, 9.17) is 4.98 Å². The molecule has 1 unspecified atom stereocenters. The number of amides is 1. The molecule has 3 heterocycles. The first-order valence-electron chi connectivity index (χ1n) is 8.90. The lowest BCUT2D eigenvalue weighted by Gasteiger charge is -2.33. The summed E-state index contributed by atoms with van der Waals surface area (Å²) in [6.07, 6.45) is 1.87. The van der Waals surface area contributed by atoms with Crippen LogP contribution >= 0.6 is 0 Å². The van der Waals surface area contributed by atoms with Gasteiger partial charge in [-0.05, 0) is 19.1 Å². The smallest absolute Gasteiger partial charge is 0.273 e. The molecule has 0 aliphatic carbocycles. The van der Waals surface area contributed by atoms with E-state index in [9.17, 15) is 4.79 Å². The Morgan fingerprint density at radius 1 is 1.15 bits per heavy atom. The third-order valence-electron chi connectivity index (χ3n) is 5.00. The van der Waals surface area contributed by atoms with E-state index in [1.807, 2.05) is 24.4 Å². The summed E-state index contributed by atoms with van der Waals surface area (Å²) in [7, 11) is 3.50. The van der Waals surface area contributed by atoms with E-state index in [-0.39, 0.29) is 11.9 Å². The van der Waals surface area contributed by atoms with Gasteiger partial charge >= 0.3 is 0 Å². The molecule has 26 heavy (non-hydrogen) atoms. The lowest BCUT2D eigenvalue weighted by atomic mass is 10.1. The summed E-state index contributed by atoms with van der Waals surface area (Å²) in [5, 5.41) is 1.16. The maximum absolute atomic E-state index is 12.2. The van der Waals surface area contributed by atoms with Gasteiger partial charge in [0.15, 0.2) is 0 Å². The van der Waals surface area contributed by atoms with E-state index < -0.39 is 0 Å². The van der Waals surface area contributed by atoms with Gasteiger partial charge in [-0.15, -0.1) is 0 Å². The Kier molecular flexibility index (Phi) is 4.20. The standard InChI is InChI=1S/C20H23N5O/c1-14-19-22-18(20(26)23(2)3)13-25(19)11-10-24(14)12-16-9-8-15-6-4-5-7-17(15)21-16/h4-9,13-14H,10-12H2,1-3H3. The molecule has 0 bridgehead atoms. The zero-order valence-electron chi connectivity index (χ0n) is 15.4. The van der Waals surface area contributed by atoms with E-state index in [0.717, 1.165) is 42.1 Å². The van der Waals surface area contributed by atoms with Crippen molar-refractivity contribution in [2.75, 3.05) is 20.6 Å². The molecule has 2 aromatic heterocycles. The predicted octanol–water partition coefficient (Wildman–Crippen LogP) is 2.71. The second-order valence-electron chi connectivity index (χ2n) is 7.02. The van der Waals surface area contributed by atoms with Gasteiger partial charge in [0.1, 0.15) is 11.5 Å². The minimum absolute atomic E-state index is 0.0538. The van der Waals surface area contributed by atoms with Crippen LogP contribution in [0.5, 0.6) is 0 Å². The monoisotopic (exact) mass is 349 g/mol. The van der Waals surface area contributed by atoms with Crippen LogP contribution in [-0.2, 0) is 13.1 Å². The fourth-order valence-electron chi connectivity index (χ4n) is 3.49. The molecule has 0 spiro atoms. The quantitative estimate of drug-likeness (QED) is 0.730. The number of imidazole rings is 1. The number of hydrogen-bond acceptors (Lipinski definition) is 4. The molecule has 6 heteroatoms. The Morgan fingerprint density at radius 2 is 1.96 bits per heavy atom. The number of benzene rings is 1. The van der Waals surface area contributed by atoms with Crippen LogP contribution in [0.4, 0.5) is 0 Å². The number of fused-ring (bicyclic) bond motifs is 2. The van der Waals surface area contributed by atoms with Gasteiger partial charge in [0.25, 0.3) is 5.91 Å². The molecule has 0 saturated heterocycles. The van der Waals surface area contributed by atoms with E-state index in [1.54, 1.807) is 19.0 Å². The van der Waals surface area contributed by atoms with Gasteiger partial charge in [0.2, 0.25) is 0 Å². The summed E-state index contributed by atoms with van der Waals surface area (Å²) in [5.41, 5.74) is 2.60. The van der Waals surface area contributed by atoms with Crippen molar-refractivity contribution in [2.24, 2.45) is 0 Å². The molecular weight excluding hydrogens is 326 g/mol. The van der Waals surface area contributed by atoms with Crippen LogP contribution in [0.3, 0.4) is 0 Å². The average molecular weight is 349 g/mol. The van der Waals surface area contributed by atoms with Crippen LogP contribution in [0, 0.1) is 0 Å². The van der Waals surface area contributed by atoms with Crippen LogP contribution < -0.4 is 0 Å². The largest absolute Gasteiger partial charge is 0.343 e. The Labute approximate surface area is 153 Å². The number of hydrogen-bond donors (Lipinski definition) is 0. The van der Waals surface area contributed by atoms with Gasteiger partial charge in [0.05, 0.1) is 17.3 Å². The molecule has 0 saturated carbocycles. The maximum Gasteiger partial charge on any atom is 0.273 e. The third-order valence-corrected chi connectivity index (χ3v) is 5.00. The molecule has 4 rings (SSSR count). The van der Waals surface area contributed by atoms with Crippen molar-refractivity contribution in [1.82, 2.24) is 24.3 Å². The van der Waals surface area contributed by atoms with Crippen LogP contribution in [0.2, 0.25) is 0 Å². The minimum atomic E-state index is -0.0538. The third kappa shape index (κ3) is 2.97. The SMILES string of the molecule is CC1c2nc(C(=O)N(C)C)cn2CCN1Cc1ccc2ccccc2n1. The maximum atomic E-state index is 12.2. The Hall–Kier alpha value is -2.73. The van der Waals surface area contributed by atoms with E-state index in [0.29, 0.717) is 5.69 Å². The topological polar surface area (TPSA) is 54.3 Å². The van der Waals surface area contributed by atoms with Crippen LogP contribution in [0.15, 0.2) is 42.6 Å². The van der Waals surface area contributed by atoms with Gasteiger partial charge in [-0.3, -0.25) is 14.7 Å². The summed E-state index contributed by atoms with van der Waals surface area (Å²) in [5.74, 6) is 0.893. The number of nitrogens with zero attached hydrogens (tertiary/aromatic N) is 5. The summed E-state index contributed by atoms with van der Waals surface area (Å²) in [6.45, 7) is 4.66. The van der Waals surface area contributed by atoms with Crippen LogP contribution in [0.1, 0.15) is 35.0 Å². The molecule has 0 N–H and O–H groups in total. The summed E-state index contributed by atoms with van der Waals surface area (Å²) in [4.78, 5) is 25.5. The molecular formula is C20H23N5O. The number of para-hydroxylation sites is 1. The Morgan fingerprint density at radius 3 is 2.77 bits per heavy atom. The number of carbonyl (C=O) groups is 1. The predicted molar refractivity (Wildman–Crippen MR) is 101 cm³/mol. The highest BCUT2D eigenvalue weighted by molar-refractivity contribution is 5.91. The normalized spacial score (nSPS) is 17.3. The van der Waals surface area contributed by atoms with E-state index in [2.05, 4.69) is 39.6 Å². The zero-order chi connectivity index (χ0) is 18.3. The first-order valence-corrected chi connectivity index (χ1v) is 8.90. The van der Waals surface area contributed by atoms with Gasteiger partial charge in [-0.25, -0.2) is 4.98 Å². The number of pyridine rings is 1. The fraction of sp³-hybridized carbons (Fsp3) is 0.350. The molecule has 134 valence electrons. The van der Waals surface area contributed by atoms with Gasteiger partial charge < -0.3 is 9.47 Å². The first kappa shape index (κ1) is 16.7. The lowest BCUT2D eigenvalue weighted by Crippen LogP contribution is -2.36. The molecule has 6 nitrogen and oxygen atoms in total. The lowest BCUT2D eigenvalue weighted by molar-refractivity contribution is 0.0822. The van der Waals surface area contributed by atoms with E-state index >= 15 is 0 Å². The highest BCUT2D eigenvalue weighted by atomic mass is 16.2. The van der Waals surface area contributed by atoms with Crippen molar-refractivity contribution in [2.45, 2.75) is 26.1 Å². The summed E-state index contributed by atoms with van der Waals surface area (Å²) < 4.78 is 2.10. The van der Waals surface area contributed by atoms with Crippen molar-refractivity contribution in [3.63, 3.8) is 0 Å². The van der Waals surface area contributed by atoms with Crippen molar-refractivity contribution < 1.29 is 4.79 Å². The molecule has 0 fully saturated rings. The number of rotatable bonds is 3. The van der Waals surface area contributed by atoms with Crippen molar-refractivity contribution in [3.8, 4) is 0 Å². The Balaban J connectivity index is 1.56. The molecule has 3 aromatic rings. The first-order chi connectivity index (χ1) is 12.5. The average Bonchev–Trinajstić information content (AvgIpc) is 3.08. The zero-order valence-corrected chi connectivity index (χ0v) is 15.4. The van der Waals surface area contributed by atoms with Crippen molar-refractivity contribution in [1.29, 1.82) is 0 Å². The van der Waals surface area contributed by atoms with Crippen molar-refractivity contribution in [3.05, 3.63) is 59.8 Å². The van der Waals surface area contributed by atoms with Gasteiger partial charge in [-0.2, -0.15) is 0 Å². The minimum Gasteiger partial charge on any atom is -0.343 e. The molecule has 1 atom stereocenters. The molecule has 1 aliphatic rings. The Bertz CT molecular complexity index is 962. The fourth-order valence-corrected chi connectivity index (χ4v) is 3.49. The molecule has 1 amide bonds. The van der Waals surface area contributed by atoms with Gasteiger partial charge in [0, 0.05) is 45.3 Å². The van der Waals surface area contributed by atoms with Crippen molar-refractivity contribution >= 4 is 16.8 Å². The highest BCUT2D eigenvalue weighted by Crippen LogP contribution is 2.26. The van der Waals surface area contributed by atoms with E-state index in [1.165, 1.54) is 0 Å². The number of aromatic nitrogens is 3. The second-order valence-corrected chi connectivity index (χ2v) is 7.02. The molecule has 1 aliphatic heterocycles. The van der Waals surface area contributed by atoms with Crippen LogP contribution in [-0.4, -0.2) is 50.9 Å². The summed E-state index contributed by atoms with van der Waals surface area (Å²) >= 11 is 0. The second kappa shape index (κ2) is 6.53. The summed E-state index contributed by atoms with van der Waals surface area (Å²) in [6, 6.07) is 12.5. The number of carbonyl (C=O) groups excluding carboxylic acids is 1. The molecule has 1 aromatic carbocycles. The molecule has 0 radical (unpaired) electrons.